The van der Waals surface area contributed by atoms with Gasteiger partial charge in [0.05, 0.1) is 11.2 Å². The molecule has 0 spiro atoms. The van der Waals surface area contributed by atoms with Crippen LogP contribution in [-0.2, 0) is 4.79 Å². The van der Waals surface area contributed by atoms with Crippen molar-refractivity contribution >= 4 is 23.2 Å². The average Bonchev–Trinajstić information content (AvgIpc) is 3.01. The summed E-state index contributed by atoms with van der Waals surface area (Å²) in [6.07, 6.45) is 4.80. The Morgan fingerprint density at radius 1 is 1.40 bits per heavy atom. The summed E-state index contributed by atoms with van der Waals surface area (Å²) in [5, 5.41) is 9.44. The molecule has 2 heterocycles. The number of carboxylic acids is 1. The third-order valence-electron chi connectivity index (χ3n) is 4.55. The highest BCUT2D eigenvalue weighted by Crippen LogP contribution is 2.41. The number of hydrogen-bond donors (Lipinski definition) is 1. The van der Waals surface area contributed by atoms with E-state index in [0.29, 0.717) is 22.9 Å². The molecule has 108 valence electrons. The Kier molecular flexibility index (Phi) is 3.50. The van der Waals surface area contributed by atoms with Crippen molar-refractivity contribution in [1.29, 1.82) is 0 Å². The minimum Gasteiger partial charge on any atom is -0.480 e. The standard InChI is InChI=1S/C14H18N2O3S/c1-8-12(20-7-15-8)13(17)16-10-5-3-2-4-9(10)6-11(16)14(18)19/h7,9-11H,2-6H2,1H3,(H,18,19)/t9-,10-,11-/m0/s1. The molecule has 0 unspecified atom stereocenters. The van der Waals surface area contributed by atoms with Crippen molar-refractivity contribution < 1.29 is 14.7 Å². The molecule has 3 rings (SSSR count). The zero-order chi connectivity index (χ0) is 14.3. The molecule has 1 aromatic rings. The molecule has 20 heavy (non-hydrogen) atoms. The van der Waals surface area contributed by atoms with Crippen LogP contribution in [0.25, 0.3) is 0 Å². The van der Waals surface area contributed by atoms with Gasteiger partial charge in [-0.05, 0) is 32.1 Å². The van der Waals surface area contributed by atoms with Crippen LogP contribution in [0.15, 0.2) is 5.51 Å². The highest BCUT2D eigenvalue weighted by Gasteiger charge is 2.48. The molecule has 1 saturated carbocycles. The maximum atomic E-state index is 12.7. The lowest BCUT2D eigenvalue weighted by molar-refractivity contribution is -0.141. The van der Waals surface area contributed by atoms with E-state index in [0.717, 1.165) is 25.7 Å². The Morgan fingerprint density at radius 2 is 2.15 bits per heavy atom. The molecule has 1 saturated heterocycles. The van der Waals surface area contributed by atoms with E-state index in [1.807, 2.05) is 0 Å². The van der Waals surface area contributed by atoms with Gasteiger partial charge in [0.1, 0.15) is 10.9 Å². The number of aliphatic carboxylic acids is 1. The van der Waals surface area contributed by atoms with Crippen molar-refractivity contribution in [2.45, 2.75) is 51.1 Å². The molecule has 0 bridgehead atoms. The van der Waals surface area contributed by atoms with Gasteiger partial charge < -0.3 is 10.0 Å². The molecular formula is C14H18N2O3S. The van der Waals surface area contributed by atoms with Crippen LogP contribution in [0.2, 0.25) is 0 Å². The van der Waals surface area contributed by atoms with E-state index in [9.17, 15) is 14.7 Å². The minimum atomic E-state index is -0.880. The number of hydrogen-bond acceptors (Lipinski definition) is 4. The highest BCUT2D eigenvalue weighted by molar-refractivity contribution is 7.11. The fourth-order valence-electron chi connectivity index (χ4n) is 3.60. The summed E-state index contributed by atoms with van der Waals surface area (Å²) in [4.78, 5) is 30.6. The molecule has 1 amide bonds. The summed E-state index contributed by atoms with van der Waals surface area (Å²) in [6.45, 7) is 1.80. The SMILES string of the molecule is Cc1ncsc1C(=O)N1[C@H](C(=O)O)C[C@@H]2CCCC[C@@H]21. The second kappa shape index (κ2) is 5.16. The number of amides is 1. The fraction of sp³-hybridized carbons (Fsp3) is 0.643. The maximum Gasteiger partial charge on any atom is 0.326 e. The number of carboxylic acid groups (broad SMARTS) is 1. The van der Waals surface area contributed by atoms with Crippen LogP contribution in [0.1, 0.15) is 47.5 Å². The molecule has 6 heteroatoms. The van der Waals surface area contributed by atoms with Crippen LogP contribution in [0.5, 0.6) is 0 Å². The van der Waals surface area contributed by atoms with Gasteiger partial charge in [-0.2, -0.15) is 0 Å². The number of fused-ring (bicyclic) bond motifs is 1. The zero-order valence-corrected chi connectivity index (χ0v) is 12.2. The van der Waals surface area contributed by atoms with Gasteiger partial charge in [-0.25, -0.2) is 9.78 Å². The molecule has 0 aromatic carbocycles. The summed E-state index contributed by atoms with van der Waals surface area (Å²) < 4.78 is 0. The Bertz CT molecular complexity index is 542. The minimum absolute atomic E-state index is 0.0962. The van der Waals surface area contributed by atoms with Crippen LogP contribution in [0, 0.1) is 12.8 Å². The van der Waals surface area contributed by atoms with Crippen LogP contribution in [-0.4, -0.2) is 39.0 Å². The molecule has 0 radical (unpaired) electrons. The number of aromatic nitrogens is 1. The average molecular weight is 294 g/mol. The highest BCUT2D eigenvalue weighted by atomic mass is 32.1. The van der Waals surface area contributed by atoms with Gasteiger partial charge in [0.15, 0.2) is 0 Å². The monoisotopic (exact) mass is 294 g/mol. The quantitative estimate of drug-likeness (QED) is 0.908. The van der Waals surface area contributed by atoms with Gasteiger partial charge in [-0.1, -0.05) is 12.8 Å². The van der Waals surface area contributed by atoms with E-state index in [1.54, 1.807) is 17.3 Å². The Morgan fingerprint density at radius 3 is 2.80 bits per heavy atom. The first-order valence-corrected chi connectivity index (χ1v) is 7.93. The Balaban J connectivity index is 1.93. The largest absolute Gasteiger partial charge is 0.480 e. The van der Waals surface area contributed by atoms with Crippen LogP contribution in [0.4, 0.5) is 0 Å². The number of nitrogens with zero attached hydrogens (tertiary/aromatic N) is 2. The summed E-state index contributed by atoms with van der Waals surface area (Å²) in [5.74, 6) is -0.677. The molecule has 1 aliphatic heterocycles. The summed E-state index contributed by atoms with van der Waals surface area (Å²) in [5.41, 5.74) is 2.34. The first-order chi connectivity index (χ1) is 9.59. The van der Waals surface area contributed by atoms with Crippen molar-refractivity contribution in [3.63, 3.8) is 0 Å². The Hall–Kier alpha value is -1.43. The number of likely N-dealkylation sites (tertiary alicyclic amines) is 1. The summed E-state index contributed by atoms with van der Waals surface area (Å²) in [6, 6.07) is -0.573. The molecule has 3 atom stereocenters. The number of aryl methyl sites for hydroxylation is 1. The van der Waals surface area contributed by atoms with Gasteiger partial charge in [0.25, 0.3) is 5.91 Å². The first kappa shape index (κ1) is 13.5. The predicted molar refractivity (Wildman–Crippen MR) is 74.8 cm³/mol. The molecule has 2 fully saturated rings. The van der Waals surface area contributed by atoms with Gasteiger partial charge in [-0.3, -0.25) is 4.79 Å². The molecule has 1 aromatic heterocycles. The van der Waals surface area contributed by atoms with E-state index >= 15 is 0 Å². The lowest BCUT2D eigenvalue weighted by atomic mass is 9.85. The van der Waals surface area contributed by atoms with Crippen molar-refractivity contribution in [2.24, 2.45) is 5.92 Å². The van der Waals surface area contributed by atoms with E-state index in [-0.39, 0.29) is 11.9 Å². The third-order valence-corrected chi connectivity index (χ3v) is 5.46. The zero-order valence-electron chi connectivity index (χ0n) is 11.4. The molecule has 1 N–H and O–H groups in total. The number of carbonyl (C=O) groups excluding carboxylic acids is 1. The van der Waals surface area contributed by atoms with Crippen molar-refractivity contribution in [1.82, 2.24) is 9.88 Å². The van der Waals surface area contributed by atoms with E-state index in [1.165, 1.54) is 11.3 Å². The van der Waals surface area contributed by atoms with Gasteiger partial charge in [-0.15, -0.1) is 11.3 Å². The predicted octanol–water partition coefficient (Wildman–Crippen LogP) is 2.31. The van der Waals surface area contributed by atoms with E-state index < -0.39 is 12.0 Å². The maximum absolute atomic E-state index is 12.7. The fourth-order valence-corrected chi connectivity index (χ4v) is 4.34. The van der Waals surface area contributed by atoms with E-state index in [4.69, 9.17) is 0 Å². The lowest BCUT2D eigenvalue weighted by Gasteiger charge is -2.32. The Labute approximate surface area is 121 Å². The van der Waals surface area contributed by atoms with Crippen LogP contribution >= 0.6 is 11.3 Å². The molecular weight excluding hydrogens is 276 g/mol. The van der Waals surface area contributed by atoms with Gasteiger partial charge in [0, 0.05) is 6.04 Å². The molecule has 1 aliphatic carbocycles. The van der Waals surface area contributed by atoms with Crippen LogP contribution < -0.4 is 0 Å². The summed E-state index contributed by atoms with van der Waals surface area (Å²) in [7, 11) is 0. The van der Waals surface area contributed by atoms with Crippen molar-refractivity contribution in [2.75, 3.05) is 0 Å². The second-order valence-corrected chi connectivity index (χ2v) is 6.54. The third kappa shape index (κ3) is 2.12. The first-order valence-electron chi connectivity index (χ1n) is 7.05. The van der Waals surface area contributed by atoms with Gasteiger partial charge in [0.2, 0.25) is 0 Å². The van der Waals surface area contributed by atoms with Gasteiger partial charge >= 0.3 is 5.97 Å². The van der Waals surface area contributed by atoms with Crippen LogP contribution in [0.3, 0.4) is 0 Å². The normalized spacial score (nSPS) is 29.2. The summed E-state index contributed by atoms with van der Waals surface area (Å²) >= 11 is 1.30. The number of carbonyl (C=O) groups is 2. The van der Waals surface area contributed by atoms with Crippen molar-refractivity contribution in [3.8, 4) is 0 Å². The molecule has 5 nitrogen and oxygen atoms in total. The molecule has 2 aliphatic rings. The number of thiazole rings is 1. The van der Waals surface area contributed by atoms with Crippen molar-refractivity contribution in [3.05, 3.63) is 16.1 Å². The smallest absolute Gasteiger partial charge is 0.326 e. The second-order valence-electron chi connectivity index (χ2n) is 5.68. The topological polar surface area (TPSA) is 70.5 Å². The lowest BCUT2D eigenvalue weighted by Crippen LogP contribution is -2.46. The van der Waals surface area contributed by atoms with E-state index in [2.05, 4.69) is 4.98 Å². The number of rotatable bonds is 2.